The monoisotopic (exact) mass is 458 g/mol. The Balaban J connectivity index is 1.50. The molecule has 1 N–H and O–H groups in total. The quantitative estimate of drug-likeness (QED) is 0.670. The van der Waals surface area contributed by atoms with Crippen LogP contribution in [0.25, 0.3) is 0 Å². The third-order valence-electron chi connectivity index (χ3n) is 5.10. The molecule has 1 atom stereocenters. The van der Waals surface area contributed by atoms with E-state index in [0.717, 1.165) is 21.2 Å². The molecule has 29 heavy (non-hydrogen) atoms. The molecule has 2 aromatic rings. The van der Waals surface area contributed by atoms with E-state index in [1.165, 1.54) is 0 Å². The Morgan fingerprint density at radius 3 is 2.59 bits per heavy atom. The molecule has 0 bridgehead atoms. The standard InChI is InChI=1S/C22H23BrN2O4/c1-14-15(2)19(9-8-18(14)23)24-20(26)13-29-22(28)17-10-21(27)25(12-17)11-16-6-4-3-5-7-16/h3-9,17H,10-13H2,1-2H3,(H,24,26)/t17-/m0/s1. The Morgan fingerprint density at radius 1 is 1.14 bits per heavy atom. The number of halogens is 1. The van der Waals surface area contributed by atoms with Gasteiger partial charge >= 0.3 is 5.97 Å². The first-order chi connectivity index (χ1) is 13.8. The number of benzene rings is 2. The van der Waals surface area contributed by atoms with Crippen molar-refractivity contribution >= 4 is 39.4 Å². The number of esters is 1. The van der Waals surface area contributed by atoms with Crippen molar-refractivity contribution in [1.82, 2.24) is 4.90 Å². The predicted octanol–water partition coefficient (Wildman–Crippen LogP) is 3.60. The lowest BCUT2D eigenvalue weighted by molar-refractivity contribution is -0.151. The van der Waals surface area contributed by atoms with Crippen LogP contribution in [0.3, 0.4) is 0 Å². The summed E-state index contributed by atoms with van der Waals surface area (Å²) in [4.78, 5) is 38.3. The molecule has 3 rings (SSSR count). The van der Waals surface area contributed by atoms with Gasteiger partial charge in [-0.05, 0) is 42.7 Å². The van der Waals surface area contributed by atoms with Gasteiger partial charge in [0.15, 0.2) is 6.61 Å². The van der Waals surface area contributed by atoms with Crippen LogP contribution in [0.4, 0.5) is 5.69 Å². The fourth-order valence-electron chi connectivity index (χ4n) is 3.25. The van der Waals surface area contributed by atoms with Gasteiger partial charge in [0.25, 0.3) is 5.91 Å². The summed E-state index contributed by atoms with van der Waals surface area (Å²) in [7, 11) is 0. The average Bonchev–Trinajstić information content (AvgIpc) is 3.08. The lowest BCUT2D eigenvalue weighted by atomic mass is 10.1. The van der Waals surface area contributed by atoms with Crippen molar-refractivity contribution < 1.29 is 19.1 Å². The van der Waals surface area contributed by atoms with E-state index in [1.54, 1.807) is 11.0 Å². The molecule has 1 aliphatic rings. The van der Waals surface area contributed by atoms with E-state index in [-0.39, 0.29) is 18.9 Å². The average molecular weight is 459 g/mol. The number of carbonyl (C=O) groups is 3. The summed E-state index contributed by atoms with van der Waals surface area (Å²) in [6.07, 6.45) is 0.109. The van der Waals surface area contributed by atoms with Crippen LogP contribution in [-0.4, -0.2) is 35.8 Å². The van der Waals surface area contributed by atoms with Gasteiger partial charge in [0.2, 0.25) is 5.91 Å². The Kier molecular flexibility index (Phi) is 6.69. The van der Waals surface area contributed by atoms with Crippen molar-refractivity contribution in [2.45, 2.75) is 26.8 Å². The summed E-state index contributed by atoms with van der Waals surface area (Å²) >= 11 is 3.45. The van der Waals surface area contributed by atoms with Crippen LogP contribution in [0.2, 0.25) is 0 Å². The molecule has 0 saturated carbocycles. The minimum absolute atomic E-state index is 0.0822. The van der Waals surface area contributed by atoms with E-state index in [0.29, 0.717) is 18.8 Å². The Bertz CT molecular complexity index is 930. The van der Waals surface area contributed by atoms with E-state index in [1.807, 2.05) is 50.2 Å². The van der Waals surface area contributed by atoms with E-state index in [4.69, 9.17) is 4.74 Å². The maximum atomic E-state index is 12.3. The summed E-state index contributed by atoms with van der Waals surface area (Å²) in [6, 6.07) is 13.3. The lowest BCUT2D eigenvalue weighted by Gasteiger charge is -2.16. The van der Waals surface area contributed by atoms with Crippen LogP contribution in [0.15, 0.2) is 46.9 Å². The minimum atomic E-state index is -0.546. The van der Waals surface area contributed by atoms with Gasteiger partial charge in [0.1, 0.15) is 0 Å². The van der Waals surface area contributed by atoms with Gasteiger partial charge < -0.3 is 15.0 Å². The molecule has 0 radical (unpaired) electrons. The van der Waals surface area contributed by atoms with Crippen molar-refractivity contribution in [2.75, 3.05) is 18.5 Å². The van der Waals surface area contributed by atoms with Gasteiger partial charge in [-0.15, -0.1) is 0 Å². The smallest absolute Gasteiger partial charge is 0.311 e. The number of hydrogen-bond acceptors (Lipinski definition) is 4. The van der Waals surface area contributed by atoms with Crippen LogP contribution in [-0.2, 0) is 25.7 Å². The first kappa shape index (κ1) is 21.0. The van der Waals surface area contributed by atoms with E-state index < -0.39 is 17.8 Å². The lowest BCUT2D eigenvalue weighted by Crippen LogP contribution is -2.28. The molecule has 152 valence electrons. The van der Waals surface area contributed by atoms with Crippen LogP contribution in [0.1, 0.15) is 23.1 Å². The SMILES string of the molecule is Cc1c(Br)ccc(NC(=O)COC(=O)[C@H]2CC(=O)N(Cc3ccccc3)C2)c1C. The zero-order chi connectivity index (χ0) is 21.0. The second-order valence-electron chi connectivity index (χ2n) is 7.16. The predicted molar refractivity (Wildman–Crippen MR) is 113 cm³/mol. The van der Waals surface area contributed by atoms with Crippen molar-refractivity contribution in [1.29, 1.82) is 0 Å². The molecule has 2 aromatic carbocycles. The van der Waals surface area contributed by atoms with Gasteiger partial charge in [0.05, 0.1) is 5.92 Å². The summed E-state index contributed by atoms with van der Waals surface area (Å²) in [6.45, 7) is 4.25. The molecule has 6 nitrogen and oxygen atoms in total. The van der Waals surface area contributed by atoms with Crippen LogP contribution < -0.4 is 5.32 Å². The summed E-state index contributed by atoms with van der Waals surface area (Å²) in [5, 5.41) is 2.76. The highest BCUT2D eigenvalue weighted by Crippen LogP contribution is 2.26. The van der Waals surface area contributed by atoms with E-state index in [9.17, 15) is 14.4 Å². The maximum absolute atomic E-state index is 12.3. The van der Waals surface area contributed by atoms with Crippen molar-refractivity contribution in [2.24, 2.45) is 5.92 Å². The number of nitrogens with zero attached hydrogens (tertiary/aromatic N) is 1. The minimum Gasteiger partial charge on any atom is -0.455 e. The molecule has 7 heteroatoms. The van der Waals surface area contributed by atoms with Gasteiger partial charge in [-0.2, -0.15) is 0 Å². The second-order valence-corrected chi connectivity index (χ2v) is 8.02. The molecule has 2 amide bonds. The van der Waals surface area contributed by atoms with Crippen molar-refractivity contribution in [3.63, 3.8) is 0 Å². The third kappa shape index (κ3) is 5.23. The van der Waals surface area contributed by atoms with Gasteiger partial charge in [0, 0.05) is 29.7 Å². The topological polar surface area (TPSA) is 75.7 Å². The second kappa shape index (κ2) is 9.22. The van der Waals surface area contributed by atoms with E-state index >= 15 is 0 Å². The molecule has 1 aliphatic heterocycles. The number of likely N-dealkylation sites (tertiary alicyclic amines) is 1. The zero-order valence-corrected chi connectivity index (χ0v) is 18.0. The molecule has 0 spiro atoms. The van der Waals surface area contributed by atoms with Crippen LogP contribution >= 0.6 is 15.9 Å². The normalized spacial score (nSPS) is 16.0. The number of ether oxygens (including phenoxy) is 1. The fraction of sp³-hybridized carbons (Fsp3) is 0.318. The molecule has 0 aromatic heterocycles. The molecular weight excluding hydrogens is 436 g/mol. The number of hydrogen-bond donors (Lipinski definition) is 1. The van der Waals surface area contributed by atoms with Crippen LogP contribution in [0.5, 0.6) is 0 Å². The Labute approximate surface area is 178 Å². The summed E-state index contributed by atoms with van der Waals surface area (Å²) < 4.78 is 6.12. The summed E-state index contributed by atoms with van der Waals surface area (Å²) in [5.41, 5.74) is 3.66. The van der Waals surface area contributed by atoms with Gasteiger partial charge in [-0.1, -0.05) is 46.3 Å². The fourth-order valence-corrected chi connectivity index (χ4v) is 3.68. The highest BCUT2D eigenvalue weighted by Gasteiger charge is 2.35. The molecular formula is C22H23BrN2O4. The van der Waals surface area contributed by atoms with Crippen molar-refractivity contribution in [3.8, 4) is 0 Å². The number of nitrogens with one attached hydrogen (secondary N) is 1. The number of anilines is 1. The molecule has 1 heterocycles. The Morgan fingerprint density at radius 2 is 1.86 bits per heavy atom. The van der Waals surface area contributed by atoms with Gasteiger partial charge in [-0.25, -0.2) is 0 Å². The number of rotatable bonds is 6. The van der Waals surface area contributed by atoms with E-state index in [2.05, 4.69) is 21.2 Å². The van der Waals surface area contributed by atoms with Gasteiger partial charge in [-0.3, -0.25) is 14.4 Å². The van der Waals surface area contributed by atoms with Crippen molar-refractivity contribution in [3.05, 3.63) is 63.6 Å². The zero-order valence-electron chi connectivity index (χ0n) is 16.4. The number of amides is 2. The molecule has 1 fully saturated rings. The molecule has 0 aliphatic carbocycles. The first-order valence-corrected chi connectivity index (χ1v) is 10.2. The highest BCUT2D eigenvalue weighted by molar-refractivity contribution is 9.10. The largest absolute Gasteiger partial charge is 0.455 e. The first-order valence-electron chi connectivity index (χ1n) is 9.39. The summed E-state index contributed by atoms with van der Waals surface area (Å²) in [5.74, 6) is -1.56. The molecule has 0 unspecified atom stereocenters. The maximum Gasteiger partial charge on any atom is 0.311 e. The Hall–Kier alpha value is -2.67. The molecule has 1 saturated heterocycles. The third-order valence-corrected chi connectivity index (χ3v) is 5.96. The number of carbonyl (C=O) groups excluding carboxylic acids is 3. The highest BCUT2D eigenvalue weighted by atomic mass is 79.9. The van der Waals surface area contributed by atoms with Crippen LogP contribution in [0, 0.1) is 19.8 Å².